The van der Waals surface area contributed by atoms with E-state index >= 15 is 0 Å². The van der Waals surface area contributed by atoms with Crippen LogP contribution < -0.4 is 9.47 Å². The highest BCUT2D eigenvalue weighted by molar-refractivity contribution is 5.94. The van der Waals surface area contributed by atoms with E-state index in [4.69, 9.17) is 14.2 Å². The Balaban J connectivity index is 3.36. The van der Waals surface area contributed by atoms with E-state index in [1.54, 1.807) is 13.2 Å². The van der Waals surface area contributed by atoms with Crippen molar-refractivity contribution in [2.45, 2.75) is 13.3 Å². The number of ether oxygens (including phenoxy) is 3. The van der Waals surface area contributed by atoms with Crippen molar-refractivity contribution in [3.63, 3.8) is 0 Å². The van der Waals surface area contributed by atoms with Crippen molar-refractivity contribution < 1.29 is 19.0 Å². The summed E-state index contributed by atoms with van der Waals surface area (Å²) in [5.41, 5.74) is 1.26. The second-order valence-corrected chi connectivity index (χ2v) is 3.63. The van der Waals surface area contributed by atoms with Crippen molar-refractivity contribution in [3.05, 3.63) is 35.4 Å². The molecule has 1 rings (SSSR count). The maximum atomic E-state index is 11.8. The van der Waals surface area contributed by atoms with Crippen LogP contribution in [-0.2, 0) is 11.2 Å². The molecule has 4 nitrogen and oxygen atoms in total. The largest absolute Gasteiger partial charge is 0.497 e. The number of benzene rings is 1. The van der Waals surface area contributed by atoms with Crippen LogP contribution in [0.5, 0.6) is 11.5 Å². The van der Waals surface area contributed by atoms with Crippen molar-refractivity contribution in [2.24, 2.45) is 0 Å². The molecular weight excluding hydrogens is 232 g/mol. The third-order valence-electron chi connectivity index (χ3n) is 2.58. The van der Waals surface area contributed by atoms with E-state index in [0.29, 0.717) is 23.5 Å². The molecule has 0 aliphatic carbocycles. The van der Waals surface area contributed by atoms with Gasteiger partial charge in [-0.25, -0.2) is 4.79 Å². The number of rotatable bonds is 5. The molecule has 0 radical (unpaired) electrons. The van der Waals surface area contributed by atoms with Crippen molar-refractivity contribution in [1.29, 1.82) is 0 Å². The smallest absolute Gasteiger partial charge is 0.341 e. The van der Waals surface area contributed by atoms with Crippen LogP contribution in [0.1, 0.15) is 22.8 Å². The van der Waals surface area contributed by atoms with Gasteiger partial charge < -0.3 is 14.2 Å². The zero-order valence-electron chi connectivity index (χ0n) is 11.1. The second kappa shape index (κ2) is 6.69. The molecule has 0 bridgehead atoms. The van der Waals surface area contributed by atoms with Gasteiger partial charge in [-0.15, -0.1) is 0 Å². The van der Waals surface area contributed by atoms with E-state index in [2.05, 4.69) is 0 Å². The number of carbonyl (C=O) groups is 1. The zero-order chi connectivity index (χ0) is 13.5. The topological polar surface area (TPSA) is 44.8 Å². The lowest BCUT2D eigenvalue weighted by molar-refractivity contribution is 0.0596. The molecule has 4 heteroatoms. The fraction of sp³-hybridized carbons (Fsp3) is 0.357. The van der Waals surface area contributed by atoms with Gasteiger partial charge in [0, 0.05) is 6.07 Å². The Morgan fingerprint density at radius 1 is 1.22 bits per heavy atom. The fourth-order valence-corrected chi connectivity index (χ4v) is 1.66. The van der Waals surface area contributed by atoms with Gasteiger partial charge in [-0.3, -0.25) is 0 Å². The molecule has 0 N–H and O–H groups in total. The monoisotopic (exact) mass is 250 g/mol. The van der Waals surface area contributed by atoms with Gasteiger partial charge >= 0.3 is 5.97 Å². The molecule has 0 atom stereocenters. The van der Waals surface area contributed by atoms with Crippen LogP contribution in [0, 0.1) is 0 Å². The maximum absolute atomic E-state index is 11.8. The molecule has 0 aliphatic rings. The normalized spacial score (nSPS) is 10.4. The molecule has 1 aromatic carbocycles. The summed E-state index contributed by atoms with van der Waals surface area (Å²) in [4.78, 5) is 11.8. The molecule has 0 heterocycles. The maximum Gasteiger partial charge on any atom is 0.341 e. The summed E-state index contributed by atoms with van der Waals surface area (Å²) >= 11 is 0. The van der Waals surface area contributed by atoms with Crippen molar-refractivity contribution in [1.82, 2.24) is 0 Å². The van der Waals surface area contributed by atoms with E-state index < -0.39 is 5.97 Å². The fourth-order valence-electron chi connectivity index (χ4n) is 1.66. The quantitative estimate of drug-likeness (QED) is 0.595. The lowest BCUT2D eigenvalue weighted by Gasteiger charge is -2.13. The first-order chi connectivity index (χ1) is 8.67. The summed E-state index contributed by atoms with van der Waals surface area (Å²) in [6.07, 6.45) is 4.50. The second-order valence-electron chi connectivity index (χ2n) is 3.63. The van der Waals surface area contributed by atoms with E-state index in [0.717, 1.165) is 5.56 Å². The SMILES string of the molecule is C/C=C/Cc1cc(OC)cc(OC)c1C(=O)OC. The average Bonchev–Trinajstić information content (AvgIpc) is 2.42. The zero-order valence-corrected chi connectivity index (χ0v) is 11.1. The van der Waals surface area contributed by atoms with Gasteiger partial charge in [-0.1, -0.05) is 12.2 Å². The summed E-state index contributed by atoms with van der Waals surface area (Å²) in [5.74, 6) is 0.703. The van der Waals surface area contributed by atoms with Crippen molar-refractivity contribution in [2.75, 3.05) is 21.3 Å². The Hall–Kier alpha value is -1.97. The summed E-state index contributed by atoms with van der Waals surface area (Å²) in [6.45, 7) is 1.93. The molecule has 98 valence electrons. The molecule has 1 aromatic rings. The van der Waals surface area contributed by atoms with E-state index in [-0.39, 0.29) is 0 Å². The molecular formula is C14H18O4. The number of carbonyl (C=O) groups excluding carboxylic acids is 1. The Kier molecular flexibility index (Phi) is 5.24. The Bertz CT molecular complexity index is 449. The number of esters is 1. The average molecular weight is 250 g/mol. The first-order valence-electron chi connectivity index (χ1n) is 5.62. The highest BCUT2D eigenvalue weighted by Gasteiger charge is 2.19. The Morgan fingerprint density at radius 2 is 1.94 bits per heavy atom. The van der Waals surface area contributed by atoms with Crippen molar-refractivity contribution in [3.8, 4) is 11.5 Å². The molecule has 0 unspecified atom stereocenters. The summed E-state index contributed by atoms with van der Waals surface area (Å²) in [5, 5.41) is 0. The minimum atomic E-state index is -0.408. The molecule has 0 spiro atoms. The standard InChI is InChI=1S/C14H18O4/c1-5-6-7-10-8-11(16-2)9-12(17-3)13(10)14(15)18-4/h5-6,8-9H,7H2,1-4H3/b6-5+. The van der Waals surface area contributed by atoms with Crippen LogP contribution in [0.2, 0.25) is 0 Å². The van der Waals surface area contributed by atoms with Crippen LogP contribution in [0.15, 0.2) is 24.3 Å². The molecule has 18 heavy (non-hydrogen) atoms. The van der Waals surface area contributed by atoms with Crippen LogP contribution in [0.3, 0.4) is 0 Å². The predicted molar refractivity (Wildman–Crippen MR) is 69.4 cm³/mol. The highest BCUT2D eigenvalue weighted by Crippen LogP contribution is 2.30. The van der Waals surface area contributed by atoms with Gasteiger partial charge in [0.15, 0.2) is 0 Å². The van der Waals surface area contributed by atoms with Crippen LogP contribution >= 0.6 is 0 Å². The van der Waals surface area contributed by atoms with E-state index in [9.17, 15) is 4.79 Å². The molecule has 0 saturated carbocycles. The van der Waals surface area contributed by atoms with Gasteiger partial charge in [-0.2, -0.15) is 0 Å². The minimum Gasteiger partial charge on any atom is -0.497 e. The number of methoxy groups -OCH3 is 3. The number of allylic oxidation sites excluding steroid dienone is 2. The van der Waals surface area contributed by atoms with E-state index in [1.165, 1.54) is 14.2 Å². The van der Waals surface area contributed by atoms with E-state index in [1.807, 2.05) is 25.1 Å². The molecule has 0 fully saturated rings. The van der Waals surface area contributed by atoms with Crippen LogP contribution in [0.4, 0.5) is 0 Å². The number of hydrogen-bond acceptors (Lipinski definition) is 4. The predicted octanol–water partition coefficient (Wildman–Crippen LogP) is 2.61. The highest BCUT2D eigenvalue weighted by atomic mass is 16.5. The van der Waals surface area contributed by atoms with Crippen LogP contribution in [-0.4, -0.2) is 27.3 Å². The molecule has 0 amide bonds. The van der Waals surface area contributed by atoms with Gasteiger partial charge in [0.25, 0.3) is 0 Å². The van der Waals surface area contributed by atoms with Crippen LogP contribution in [0.25, 0.3) is 0 Å². The third kappa shape index (κ3) is 3.03. The Morgan fingerprint density at radius 3 is 2.44 bits per heavy atom. The first kappa shape index (κ1) is 14.1. The first-order valence-corrected chi connectivity index (χ1v) is 5.62. The summed E-state index contributed by atoms with van der Waals surface area (Å²) < 4.78 is 15.2. The summed E-state index contributed by atoms with van der Waals surface area (Å²) in [6, 6.07) is 3.49. The molecule has 0 aromatic heterocycles. The van der Waals surface area contributed by atoms with Gasteiger partial charge in [-0.05, 0) is 25.0 Å². The summed E-state index contributed by atoms with van der Waals surface area (Å²) in [7, 11) is 4.44. The lowest BCUT2D eigenvalue weighted by atomic mass is 10.0. The van der Waals surface area contributed by atoms with Gasteiger partial charge in [0.05, 0.1) is 21.3 Å². The molecule has 0 aliphatic heterocycles. The number of hydrogen-bond donors (Lipinski definition) is 0. The Labute approximate surface area is 107 Å². The van der Waals surface area contributed by atoms with Gasteiger partial charge in [0.2, 0.25) is 0 Å². The molecule has 0 saturated heterocycles. The van der Waals surface area contributed by atoms with Gasteiger partial charge in [0.1, 0.15) is 17.1 Å². The lowest BCUT2D eigenvalue weighted by Crippen LogP contribution is -2.08. The van der Waals surface area contributed by atoms with Crippen molar-refractivity contribution >= 4 is 5.97 Å². The minimum absolute atomic E-state index is 0.408. The third-order valence-corrected chi connectivity index (χ3v) is 2.58.